The van der Waals surface area contributed by atoms with Gasteiger partial charge in [-0.3, -0.25) is 0 Å². The summed E-state index contributed by atoms with van der Waals surface area (Å²) in [5.74, 6) is 0. The fourth-order valence-electron chi connectivity index (χ4n) is 5.05. The number of hydrogen-bond acceptors (Lipinski definition) is 1. The molecule has 6 rings (SSSR count). The van der Waals surface area contributed by atoms with Crippen LogP contribution in [0.2, 0.25) is 0 Å². The highest BCUT2D eigenvalue weighted by Gasteiger charge is 2.15. The third kappa shape index (κ3) is 3.24. The van der Waals surface area contributed by atoms with Crippen LogP contribution >= 0.6 is 0 Å². The summed E-state index contributed by atoms with van der Waals surface area (Å²) in [6.07, 6.45) is 3.86. The molecule has 4 aromatic carbocycles. The van der Waals surface area contributed by atoms with Gasteiger partial charge in [-0.1, -0.05) is 73.2 Å². The number of rotatable bonds is 3. The third-order valence-corrected chi connectivity index (χ3v) is 6.64. The minimum absolute atomic E-state index is 0.508. The highest BCUT2D eigenvalue weighted by atomic mass is 15.0. The summed E-state index contributed by atoms with van der Waals surface area (Å²) in [6.45, 7) is 1.13. The van der Waals surface area contributed by atoms with Crippen LogP contribution in [-0.2, 0) is 0 Å². The Morgan fingerprint density at radius 1 is 0.645 bits per heavy atom. The number of nitrogens with one attached hydrogen (secondary N) is 1. The normalized spacial score (nSPS) is 16.7. The van der Waals surface area contributed by atoms with E-state index in [1.807, 2.05) is 0 Å². The van der Waals surface area contributed by atoms with Crippen molar-refractivity contribution < 1.29 is 0 Å². The Morgan fingerprint density at radius 3 is 2.19 bits per heavy atom. The van der Waals surface area contributed by atoms with Gasteiger partial charge in [0.25, 0.3) is 0 Å². The molecule has 2 heteroatoms. The third-order valence-electron chi connectivity index (χ3n) is 6.64. The van der Waals surface area contributed by atoms with Crippen molar-refractivity contribution in [3.8, 4) is 16.8 Å². The van der Waals surface area contributed by atoms with Crippen LogP contribution in [0.25, 0.3) is 38.6 Å². The molecule has 0 radical (unpaired) electrons. The monoisotopic (exact) mass is 402 g/mol. The Hall–Kier alpha value is -3.36. The summed E-state index contributed by atoms with van der Waals surface area (Å²) < 4.78 is 2.37. The summed E-state index contributed by atoms with van der Waals surface area (Å²) >= 11 is 0. The summed E-state index contributed by atoms with van der Waals surface area (Å²) in [5.41, 5.74) is 7.65. The Balaban J connectivity index is 1.45. The van der Waals surface area contributed by atoms with Crippen LogP contribution < -0.4 is 5.32 Å². The van der Waals surface area contributed by atoms with Gasteiger partial charge in [-0.25, -0.2) is 0 Å². The predicted octanol–water partition coefficient (Wildman–Crippen LogP) is 7.27. The Kier molecular flexibility index (Phi) is 4.58. The molecule has 0 amide bonds. The lowest BCUT2D eigenvalue weighted by Gasteiger charge is -2.24. The molecular weight excluding hydrogens is 376 g/mol. The average molecular weight is 403 g/mol. The molecular formula is C29H26N2. The van der Waals surface area contributed by atoms with Gasteiger partial charge in [0.05, 0.1) is 11.0 Å². The highest BCUT2D eigenvalue weighted by Crippen LogP contribution is 2.35. The second-order valence-corrected chi connectivity index (χ2v) is 8.54. The zero-order valence-electron chi connectivity index (χ0n) is 17.6. The molecule has 0 saturated carbocycles. The van der Waals surface area contributed by atoms with E-state index < -0.39 is 0 Å². The van der Waals surface area contributed by atoms with Crippen molar-refractivity contribution in [1.29, 1.82) is 0 Å². The van der Waals surface area contributed by atoms with Gasteiger partial charge in [0.15, 0.2) is 0 Å². The van der Waals surface area contributed by atoms with Crippen molar-refractivity contribution in [3.63, 3.8) is 0 Å². The van der Waals surface area contributed by atoms with Crippen LogP contribution in [0, 0.1) is 0 Å². The SMILES string of the molecule is c1ccc(-n2c3ccccc3c3cc(-c4ccc(C5CCCCN5)cc4)ccc32)cc1. The first-order valence-corrected chi connectivity index (χ1v) is 11.3. The largest absolute Gasteiger partial charge is 0.310 e. The fraction of sp³-hybridized carbons (Fsp3) is 0.172. The molecule has 1 aromatic heterocycles. The molecule has 1 fully saturated rings. The molecule has 5 aromatic rings. The Labute approximate surface area is 183 Å². The minimum Gasteiger partial charge on any atom is -0.310 e. The zero-order chi connectivity index (χ0) is 20.6. The van der Waals surface area contributed by atoms with Crippen LogP contribution in [0.15, 0.2) is 97.1 Å². The molecule has 2 heterocycles. The number of para-hydroxylation sites is 2. The van der Waals surface area contributed by atoms with Gasteiger partial charge in [0, 0.05) is 22.5 Å². The second kappa shape index (κ2) is 7.72. The van der Waals surface area contributed by atoms with Gasteiger partial charge in [-0.05, 0) is 66.4 Å². The average Bonchev–Trinajstić information content (AvgIpc) is 3.19. The first kappa shape index (κ1) is 18.4. The molecule has 0 aliphatic carbocycles. The van der Waals surface area contributed by atoms with Gasteiger partial charge >= 0.3 is 0 Å². The first-order valence-electron chi connectivity index (χ1n) is 11.3. The second-order valence-electron chi connectivity index (χ2n) is 8.54. The van der Waals surface area contributed by atoms with Gasteiger partial charge in [-0.2, -0.15) is 0 Å². The van der Waals surface area contributed by atoms with E-state index in [4.69, 9.17) is 0 Å². The number of nitrogens with zero attached hydrogens (tertiary/aromatic N) is 1. The fourth-order valence-corrected chi connectivity index (χ4v) is 5.05. The Morgan fingerprint density at radius 2 is 1.39 bits per heavy atom. The number of hydrogen-bond donors (Lipinski definition) is 1. The number of fused-ring (bicyclic) bond motifs is 3. The molecule has 1 atom stereocenters. The molecule has 1 N–H and O–H groups in total. The molecule has 0 spiro atoms. The van der Waals surface area contributed by atoms with Crippen molar-refractivity contribution in [2.24, 2.45) is 0 Å². The van der Waals surface area contributed by atoms with Crippen molar-refractivity contribution in [2.75, 3.05) is 6.54 Å². The first-order chi connectivity index (χ1) is 15.4. The van der Waals surface area contributed by atoms with E-state index in [1.165, 1.54) is 63.4 Å². The van der Waals surface area contributed by atoms with Crippen LogP contribution in [-0.4, -0.2) is 11.1 Å². The van der Waals surface area contributed by atoms with E-state index in [-0.39, 0.29) is 0 Å². The van der Waals surface area contributed by atoms with E-state index in [2.05, 4.69) is 107 Å². The lowest BCUT2D eigenvalue weighted by molar-refractivity contribution is 0.412. The summed E-state index contributed by atoms with van der Waals surface area (Å²) in [6, 6.07) is 35.9. The number of piperidine rings is 1. The molecule has 1 unspecified atom stereocenters. The predicted molar refractivity (Wildman–Crippen MR) is 131 cm³/mol. The number of aromatic nitrogens is 1. The summed E-state index contributed by atoms with van der Waals surface area (Å²) in [4.78, 5) is 0. The maximum Gasteiger partial charge on any atom is 0.0541 e. The van der Waals surface area contributed by atoms with E-state index >= 15 is 0 Å². The van der Waals surface area contributed by atoms with Crippen LogP contribution in [0.3, 0.4) is 0 Å². The quantitative estimate of drug-likeness (QED) is 0.336. The van der Waals surface area contributed by atoms with Crippen molar-refractivity contribution in [1.82, 2.24) is 9.88 Å². The standard InChI is InChI=1S/C29H26N2/c1-2-8-24(9-3-1)31-28-12-5-4-10-25(28)26-20-23(17-18-29(26)31)21-13-15-22(16-14-21)27-11-6-7-19-30-27/h1-5,8-10,12-18,20,27,30H,6-7,11,19H2. The highest BCUT2D eigenvalue weighted by molar-refractivity contribution is 6.10. The van der Waals surface area contributed by atoms with E-state index in [0.717, 1.165) is 6.54 Å². The van der Waals surface area contributed by atoms with E-state index in [9.17, 15) is 0 Å². The van der Waals surface area contributed by atoms with E-state index in [1.54, 1.807) is 0 Å². The molecule has 0 bridgehead atoms. The van der Waals surface area contributed by atoms with Gasteiger partial charge in [0.2, 0.25) is 0 Å². The lowest BCUT2D eigenvalue weighted by Crippen LogP contribution is -2.26. The molecule has 2 nitrogen and oxygen atoms in total. The zero-order valence-corrected chi connectivity index (χ0v) is 17.6. The molecule has 152 valence electrons. The molecule has 1 aliphatic rings. The summed E-state index contributed by atoms with van der Waals surface area (Å²) in [7, 11) is 0. The molecule has 1 aliphatic heterocycles. The number of benzene rings is 4. The van der Waals surface area contributed by atoms with Gasteiger partial charge < -0.3 is 9.88 Å². The molecule has 31 heavy (non-hydrogen) atoms. The topological polar surface area (TPSA) is 17.0 Å². The van der Waals surface area contributed by atoms with Crippen LogP contribution in [0.5, 0.6) is 0 Å². The Bertz CT molecular complexity index is 1340. The summed E-state index contributed by atoms with van der Waals surface area (Å²) in [5, 5.41) is 6.25. The van der Waals surface area contributed by atoms with Crippen molar-refractivity contribution >= 4 is 21.8 Å². The van der Waals surface area contributed by atoms with Crippen LogP contribution in [0.1, 0.15) is 30.9 Å². The van der Waals surface area contributed by atoms with Crippen molar-refractivity contribution in [2.45, 2.75) is 25.3 Å². The van der Waals surface area contributed by atoms with E-state index in [0.29, 0.717) is 6.04 Å². The lowest BCUT2D eigenvalue weighted by atomic mass is 9.95. The minimum atomic E-state index is 0.508. The van der Waals surface area contributed by atoms with Crippen LogP contribution in [0.4, 0.5) is 0 Å². The van der Waals surface area contributed by atoms with Gasteiger partial charge in [0.1, 0.15) is 0 Å². The molecule has 1 saturated heterocycles. The van der Waals surface area contributed by atoms with Crippen molar-refractivity contribution in [3.05, 3.63) is 103 Å². The van der Waals surface area contributed by atoms with Gasteiger partial charge in [-0.15, -0.1) is 0 Å². The maximum absolute atomic E-state index is 3.65. The smallest absolute Gasteiger partial charge is 0.0541 e. The maximum atomic E-state index is 3.65.